The zero-order valence-electron chi connectivity index (χ0n) is 11.1. The number of halogens is 1. The summed E-state index contributed by atoms with van der Waals surface area (Å²) in [6, 6.07) is 0. The van der Waals surface area contributed by atoms with Crippen LogP contribution in [0.4, 0.5) is 0 Å². The molecule has 1 aliphatic heterocycles. The Morgan fingerprint density at radius 1 is 1.29 bits per heavy atom. The average molecular weight is 260 g/mol. The number of hydrogen-bond donors (Lipinski definition) is 1. The second-order valence-electron chi connectivity index (χ2n) is 6.70. The van der Waals surface area contributed by atoms with E-state index < -0.39 is 0 Å². The number of hydrogen-bond acceptors (Lipinski definition) is 3. The van der Waals surface area contributed by atoms with Gasteiger partial charge >= 0.3 is 7.12 Å². The van der Waals surface area contributed by atoms with Crippen molar-refractivity contribution >= 4 is 19.5 Å². The van der Waals surface area contributed by atoms with Gasteiger partial charge in [-0.2, -0.15) is 0 Å². The van der Waals surface area contributed by atoms with E-state index in [-0.39, 0.29) is 37.2 Å². The minimum Gasteiger partial charge on any atom is -0.404 e. The minimum atomic E-state index is -0.204. The van der Waals surface area contributed by atoms with Crippen molar-refractivity contribution in [3.8, 4) is 0 Å². The molecule has 2 N–H and O–H groups in total. The highest BCUT2D eigenvalue weighted by molar-refractivity contribution is 6.47. The molecule has 1 unspecified atom stereocenters. The molecule has 4 rings (SSSR count). The third-order valence-corrected chi connectivity index (χ3v) is 5.40. The summed E-state index contributed by atoms with van der Waals surface area (Å²) in [4.78, 5) is 0. The van der Waals surface area contributed by atoms with E-state index in [4.69, 9.17) is 15.0 Å². The maximum atomic E-state index is 6.15. The van der Waals surface area contributed by atoms with Crippen molar-refractivity contribution in [2.24, 2.45) is 23.0 Å². The van der Waals surface area contributed by atoms with Crippen molar-refractivity contribution < 1.29 is 9.31 Å². The van der Waals surface area contributed by atoms with Crippen molar-refractivity contribution in [3.05, 3.63) is 0 Å². The first-order valence-corrected chi connectivity index (χ1v) is 6.44. The quantitative estimate of drug-likeness (QED) is 0.733. The van der Waals surface area contributed by atoms with Gasteiger partial charge in [-0.1, -0.05) is 20.8 Å². The largest absolute Gasteiger partial charge is 0.475 e. The zero-order valence-corrected chi connectivity index (χ0v) is 11.9. The van der Waals surface area contributed by atoms with Crippen LogP contribution in [0.15, 0.2) is 0 Å². The summed E-state index contributed by atoms with van der Waals surface area (Å²) in [5, 5.41) is 0. The van der Waals surface area contributed by atoms with E-state index in [1.165, 1.54) is 6.42 Å². The topological polar surface area (TPSA) is 44.5 Å². The molecule has 0 radical (unpaired) electrons. The van der Waals surface area contributed by atoms with Gasteiger partial charge in [-0.3, -0.25) is 0 Å². The fourth-order valence-corrected chi connectivity index (χ4v) is 4.13. The van der Waals surface area contributed by atoms with Gasteiger partial charge in [0.25, 0.3) is 0 Å². The standard InChI is InChI=1S/C12H22BNO2.ClH/c1-7(14)13-15-10-6-8-5-9(11(8,2)3)12(10,4)16-13;/h7-10H,5-6,14H2,1-4H3;1H/t7?,8-,9-,10+,12-;/m0./s1. The van der Waals surface area contributed by atoms with E-state index in [0.29, 0.717) is 11.3 Å². The van der Waals surface area contributed by atoms with Gasteiger partial charge in [0.05, 0.1) is 11.7 Å². The third-order valence-electron chi connectivity index (χ3n) is 5.40. The van der Waals surface area contributed by atoms with E-state index in [9.17, 15) is 0 Å². The molecule has 3 aliphatic carbocycles. The van der Waals surface area contributed by atoms with Gasteiger partial charge in [-0.15, -0.1) is 12.4 Å². The predicted molar refractivity (Wildman–Crippen MR) is 71.0 cm³/mol. The maximum Gasteiger partial charge on any atom is 0.475 e. The molecule has 5 heteroatoms. The normalized spacial score (nSPS) is 47.8. The summed E-state index contributed by atoms with van der Waals surface area (Å²) in [7, 11) is -0.204. The molecular weight excluding hydrogens is 236 g/mol. The molecule has 98 valence electrons. The Morgan fingerprint density at radius 2 is 1.94 bits per heavy atom. The number of rotatable bonds is 1. The Labute approximate surface area is 110 Å². The second kappa shape index (κ2) is 3.86. The first-order chi connectivity index (χ1) is 7.35. The van der Waals surface area contributed by atoms with E-state index in [1.807, 2.05) is 6.92 Å². The Balaban J connectivity index is 0.00000108. The highest BCUT2D eigenvalue weighted by Gasteiger charge is 2.68. The fourth-order valence-electron chi connectivity index (χ4n) is 4.13. The molecular formula is C12H23BClNO2. The van der Waals surface area contributed by atoms with Gasteiger partial charge in [0.1, 0.15) is 0 Å². The van der Waals surface area contributed by atoms with Crippen LogP contribution in [0, 0.1) is 17.3 Å². The molecule has 1 heterocycles. The van der Waals surface area contributed by atoms with E-state index in [1.54, 1.807) is 0 Å². The van der Waals surface area contributed by atoms with Gasteiger partial charge in [0, 0.05) is 5.94 Å². The Morgan fingerprint density at radius 3 is 2.47 bits per heavy atom. The third kappa shape index (κ3) is 1.61. The molecule has 2 bridgehead atoms. The molecule has 4 fully saturated rings. The molecule has 0 aromatic heterocycles. The van der Waals surface area contributed by atoms with Gasteiger partial charge in [-0.05, 0) is 37.0 Å². The van der Waals surface area contributed by atoms with Crippen LogP contribution in [-0.2, 0) is 9.31 Å². The molecule has 0 amide bonds. The summed E-state index contributed by atoms with van der Waals surface area (Å²) >= 11 is 0. The summed E-state index contributed by atoms with van der Waals surface area (Å²) < 4.78 is 12.1. The Hall–Kier alpha value is 0.235. The van der Waals surface area contributed by atoms with Gasteiger partial charge in [0.15, 0.2) is 0 Å². The monoisotopic (exact) mass is 259 g/mol. The van der Waals surface area contributed by atoms with Gasteiger partial charge in [0.2, 0.25) is 0 Å². The molecule has 3 nitrogen and oxygen atoms in total. The molecule has 0 aromatic carbocycles. The number of nitrogens with two attached hydrogens (primary N) is 1. The predicted octanol–water partition coefficient (Wildman–Crippen LogP) is 2.02. The van der Waals surface area contributed by atoms with Crippen LogP contribution in [0.5, 0.6) is 0 Å². The Bertz CT molecular complexity index is 326. The highest BCUT2D eigenvalue weighted by Crippen LogP contribution is 2.65. The lowest BCUT2D eigenvalue weighted by Crippen LogP contribution is -2.65. The maximum absolute atomic E-state index is 6.15. The molecule has 3 saturated carbocycles. The molecule has 4 aliphatic rings. The summed E-state index contributed by atoms with van der Waals surface area (Å²) in [6.45, 7) is 8.93. The van der Waals surface area contributed by atoms with Crippen LogP contribution in [0.3, 0.4) is 0 Å². The second-order valence-corrected chi connectivity index (χ2v) is 6.70. The van der Waals surface area contributed by atoms with E-state index >= 15 is 0 Å². The summed E-state index contributed by atoms with van der Waals surface area (Å²) in [6.07, 6.45) is 2.71. The van der Waals surface area contributed by atoms with Crippen LogP contribution in [-0.4, -0.2) is 24.8 Å². The molecule has 5 atom stereocenters. The van der Waals surface area contributed by atoms with E-state index in [0.717, 1.165) is 12.3 Å². The lowest BCUT2D eigenvalue weighted by atomic mass is 9.43. The van der Waals surface area contributed by atoms with Crippen LogP contribution < -0.4 is 5.73 Å². The first-order valence-electron chi connectivity index (χ1n) is 6.44. The average Bonchev–Trinajstić information content (AvgIpc) is 2.54. The van der Waals surface area contributed by atoms with Gasteiger partial charge in [-0.25, -0.2) is 0 Å². The zero-order chi connectivity index (χ0) is 11.7. The summed E-state index contributed by atoms with van der Waals surface area (Å²) in [5.41, 5.74) is 6.20. The fraction of sp³-hybridized carbons (Fsp3) is 1.00. The van der Waals surface area contributed by atoms with Crippen molar-refractivity contribution in [3.63, 3.8) is 0 Å². The van der Waals surface area contributed by atoms with Crippen molar-refractivity contribution in [2.75, 3.05) is 0 Å². The van der Waals surface area contributed by atoms with Crippen molar-refractivity contribution in [2.45, 2.75) is 58.2 Å². The minimum absolute atomic E-state index is 0. The van der Waals surface area contributed by atoms with Crippen LogP contribution in [0.1, 0.15) is 40.5 Å². The van der Waals surface area contributed by atoms with Crippen molar-refractivity contribution in [1.82, 2.24) is 0 Å². The molecule has 1 saturated heterocycles. The van der Waals surface area contributed by atoms with Crippen LogP contribution >= 0.6 is 12.4 Å². The molecule has 17 heavy (non-hydrogen) atoms. The van der Waals surface area contributed by atoms with E-state index in [2.05, 4.69) is 20.8 Å². The Kier molecular flexibility index (Phi) is 3.10. The van der Waals surface area contributed by atoms with Crippen molar-refractivity contribution in [1.29, 1.82) is 0 Å². The van der Waals surface area contributed by atoms with Crippen LogP contribution in [0.2, 0.25) is 0 Å². The lowest BCUT2D eigenvalue weighted by molar-refractivity contribution is -0.199. The summed E-state index contributed by atoms with van der Waals surface area (Å²) in [5.74, 6) is 1.40. The smallest absolute Gasteiger partial charge is 0.404 e. The first kappa shape index (κ1) is 13.7. The lowest BCUT2D eigenvalue weighted by Gasteiger charge is -2.64. The molecule has 0 spiro atoms. The van der Waals surface area contributed by atoms with Gasteiger partial charge < -0.3 is 15.0 Å². The molecule has 0 aromatic rings. The van der Waals surface area contributed by atoms with Crippen LogP contribution in [0.25, 0.3) is 0 Å². The SMILES string of the molecule is CC(N)B1O[C@@H]2C[C@@H]3C[C@@H](C3(C)C)[C@]2(C)O1.Cl. The highest BCUT2D eigenvalue weighted by atomic mass is 35.5.